The van der Waals surface area contributed by atoms with Gasteiger partial charge in [-0.2, -0.15) is 0 Å². The third-order valence-corrected chi connectivity index (χ3v) is 3.09. The Morgan fingerprint density at radius 1 is 0.913 bits per heavy atom. The van der Waals surface area contributed by atoms with Crippen molar-refractivity contribution in [1.29, 1.82) is 0 Å². The molecule has 0 heterocycles. The number of ether oxygens (including phenoxy) is 1. The molecule has 2 aromatic rings. The molecule has 2 aromatic carbocycles. The van der Waals surface area contributed by atoms with Crippen LogP contribution in [0.2, 0.25) is 0 Å². The van der Waals surface area contributed by atoms with Gasteiger partial charge < -0.3 is 20.3 Å². The lowest BCUT2D eigenvalue weighted by Crippen LogP contribution is -2.17. The highest BCUT2D eigenvalue weighted by Gasteiger charge is 2.19. The topological polar surface area (TPSA) is 113 Å². The predicted octanol–water partition coefficient (Wildman–Crippen LogP) is 2.34. The molecule has 3 N–H and O–H groups in total. The van der Waals surface area contributed by atoms with Gasteiger partial charge in [0.1, 0.15) is 5.75 Å². The van der Waals surface area contributed by atoms with Crippen molar-refractivity contribution in [3.8, 4) is 5.75 Å². The van der Waals surface area contributed by atoms with Crippen LogP contribution in [0.4, 0.5) is 5.69 Å². The van der Waals surface area contributed by atoms with E-state index in [0.717, 1.165) is 18.2 Å². The average molecular weight is 315 g/mol. The maximum atomic E-state index is 12.3. The lowest BCUT2D eigenvalue weighted by Gasteiger charge is -2.09. The minimum atomic E-state index is -1.32. The highest BCUT2D eigenvalue weighted by atomic mass is 16.5. The van der Waals surface area contributed by atoms with Crippen LogP contribution in [-0.2, 0) is 0 Å². The minimum absolute atomic E-state index is 0.171. The Morgan fingerprint density at radius 3 is 2.09 bits per heavy atom. The zero-order chi connectivity index (χ0) is 17.0. The molecule has 23 heavy (non-hydrogen) atoms. The van der Waals surface area contributed by atoms with Crippen molar-refractivity contribution < 1.29 is 29.3 Å². The molecule has 7 nitrogen and oxygen atoms in total. The molecule has 0 aliphatic heterocycles. The summed E-state index contributed by atoms with van der Waals surface area (Å²) in [4.78, 5) is 34.5. The normalized spacial score (nSPS) is 9.96. The van der Waals surface area contributed by atoms with Gasteiger partial charge in [0, 0.05) is 5.69 Å². The molecule has 0 unspecified atom stereocenters. The van der Waals surface area contributed by atoms with Gasteiger partial charge in [0.15, 0.2) is 0 Å². The Labute approximate surface area is 131 Å². The van der Waals surface area contributed by atoms with E-state index in [1.54, 1.807) is 24.3 Å². The second-order valence-corrected chi connectivity index (χ2v) is 4.55. The molecule has 0 radical (unpaired) electrons. The average Bonchev–Trinajstić information content (AvgIpc) is 2.54. The maximum Gasteiger partial charge on any atom is 0.336 e. The second kappa shape index (κ2) is 6.61. The van der Waals surface area contributed by atoms with Gasteiger partial charge in [0.2, 0.25) is 0 Å². The van der Waals surface area contributed by atoms with Gasteiger partial charge in [-0.25, -0.2) is 9.59 Å². The maximum absolute atomic E-state index is 12.3. The molecular weight excluding hydrogens is 302 g/mol. The summed E-state index contributed by atoms with van der Waals surface area (Å²) in [6.07, 6.45) is 0. The van der Waals surface area contributed by atoms with Crippen LogP contribution in [0.5, 0.6) is 5.75 Å². The fourth-order valence-electron chi connectivity index (χ4n) is 1.92. The Hall–Kier alpha value is -3.35. The van der Waals surface area contributed by atoms with Gasteiger partial charge in [0.05, 0.1) is 23.8 Å². The molecule has 118 valence electrons. The highest BCUT2D eigenvalue weighted by molar-refractivity contribution is 6.11. The number of methoxy groups -OCH3 is 1. The first-order valence-corrected chi connectivity index (χ1v) is 6.48. The van der Waals surface area contributed by atoms with Crippen molar-refractivity contribution in [2.75, 3.05) is 12.4 Å². The molecule has 0 atom stereocenters. The Bertz CT molecular complexity index is 767. The van der Waals surface area contributed by atoms with Crippen LogP contribution in [0.1, 0.15) is 31.1 Å². The predicted molar refractivity (Wildman–Crippen MR) is 81.3 cm³/mol. The van der Waals surface area contributed by atoms with Crippen molar-refractivity contribution in [1.82, 2.24) is 0 Å². The first-order valence-electron chi connectivity index (χ1n) is 6.48. The molecule has 0 spiro atoms. The molecule has 0 saturated heterocycles. The van der Waals surface area contributed by atoms with E-state index >= 15 is 0 Å². The van der Waals surface area contributed by atoms with Gasteiger partial charge in [-0.05, 0) is 42.5 Å². The molecule has 0 saturated carbocycles. The van der Waals surface area contributed by atoms with Gasteiger partial charge >= 0.3 is 11.9 Å². The molecule has 1 amide bonds. The Balaban J connectivity index is 2.34. The molecule has 0 aliphatic rings. The largest absolute Gasteiger partial charge is 0.497 e. The summed E-state index contributed by atoms with van der Waals surface area (Å²) in [6.45, 7) is 0. The molecule has 0 aliphatic carbocycles. The molecule has 0 aromatic heterocycles. The van der Waals surface area contributed by atoms with Crippen molar-refractivity contribution in [2.45, 2.75) is 0 Å². The second-order valence-electron chi connectivity index (χ2n) is 4.55. The summed E-state index contributed by atoms with van der Waals surface area (Å²) >= 11 is 0. The number of rotatable bonds is 5. The van der Waals surface area contributed by atoms with Crippen LogP contribution in [0.15, 0.2) is 42.5 Å². The molecule has 0 bridgehead atoms. The number of carbonyl (C=O) groups is 3. The van der Waals surface area contributed by atoms with Crippen LogP contribution in [-0.4, -0.2) is 35.2 Å². The molecule has 7 heteroatoms. The van der Waals surface area contributed by atoms with Crippen LogP contribution < -0.4 is 10.1 Å². The number of carbonyl (C=O) groups excluding carboxylic acids is 1. The first kappa shape index (κ1) is 16.0. The number of aromatic carboxylic acids is 2. The van der Waals surface area contributed by atoms with Crippen molar-refractivity contribution in [3.63, 3.8) is 0 Å². The summed E-state index contributed by atoms with van der Waals surface area (Å²) in [5.74, 6) is -2.68. The lowest BCUT2D eigenvalue weighted by atomic mass is 10.0. The molecular formula is C16H13NO6. The zero-order valence-electron chi connectivity index (χ0n) is 12.1. The van der Waals surface area contributed by atoms with Crippen molar-refractivity contribution >= 4 is 23.5 Å². The van der Waals surface area contributed by atoms with E-state index in [-0.39, 0.29) is 16.7 Å². The van der Waals surface area contributed by atoms with Gasteiger partial charge in [0.25, 0.3) is 5.91 Å². The minimum Gasteiger partial charge on any atom is -0.497 e. The van der Waals surface area contributed by atoms with E-state index in [2.05, 4.69) is 5.32 Å². The summed E-state index contributed by atoms with van der Waals surface area (Å²) in [5.41, 5.74) is -0.253. The van der Waals surface area contributed by atoms with Crippen molar-refractivity contribution in [3.05, 3.63) is 59.2 Å². The van der Waals surface area contributed by atoms with Gasteiger partial charge in [-0.15, -0.1) is 0 Å². The van der Waals surface area contributed by atoms with E-state index in [1.165, 1.54) is 7.11 Å². The number of carboxylic acids is 2. The van der Waals surface area contributed by atoms with Crippen LogP contribution in [0.25, 0.3) is 0 Å². The van der Waals surface area contributed by atoms with E-state index in [1.807, 2.05) is 0 Å². The SMILES string of the molecule is COc1ccc(NC(=O)c2cc(C(=O)O)ccc2C(=O)O)cc1. The third kappa shape index (κ3) is 3.65. The summed E-state index contributed by atoms with van der Waals surface area (Å²) in [6, 6.07) is 9.68. The van der Waals surface area contributed by atoms with Gasteiger partial charge in [-0.1, -0.05) is 0 Å². The van der Waals surface area contributed by atoms with Crippen LogP contribution >= 0.6 is 0 Å². The summed E-state index contributed by atoms with van der Waals surface area (Å²) in [5, 5.41) is 20.6. The summed E-state index contributed by atoms with van der Waals surface area (Å²) < 4.78 is 5.00. The van der Waals surface area contributed by atoms with E-state index in [0.29, 0.717) is 11.4 Å². The number of hydrogen-bond acceptors (Lipinski definition) is 4. The third-order valence-electron chi connectivity index (χ3n) is 3.09. The van der Waals surface area contributed by atoms with Crippen LogP contribution in [0.3, 0.4) is 0 Å². The number of hydrogen-bond donors (Lipinski definition) is 3. The molecule has 0 fully saturated rings. The van der Waals surface area contributed by atoms with E-state index in [9.17, 15) is 14.4 Å². The smallest absolute Gasteiger partial charge is 0.336 e. The van der Waals surface area contributed by atoms with Crippen LogP contribution in [0, 0.1) is 0 Å². The monoisotopic (exact) mass is 315 g/mol. The fraction of sp³-hybridized carbons (Fsp3) is 0.0625. The quantitative estimate of drug-likeness (QED) is 0.780. The number of nitrogens with one attached hydrogen (secondary N) is 1. The standard InChI is InChI=1S/C16H13NO6/c1-23-11-5-3-10(4-6-11)17-14(18)13-8-9(15(19)20)2-7-12(13)16(21)22/h2-8H,1H3,(H,17,18)(H,19,20)(H,21,22). The first-order chi connectivity index (χ1) is 10.9. The zero-order valence-corrected chi connectivity index (χ0v) is 12.1. The highest BCUT2D eigenvalue weighted by Crippen LogP contribution is 2.18. The number of anilines is 1. The number of benzene rings is 2. The number of carboxylic acid groups (broad SMARTS) is 2. The molecule has 2 rings (SSSR count). The summed E-state index contributed by atoms with van der Waals surface area (Å²) in [7, 11) is 1.50. The fourth-order valence-corrected chi connectivity index (χ4v) is 1.92. The van der Waals surface area contributed by atoms with E-state index < -0.39 is 17.8 Å². The van der Waals surface area contributed by atoms with E-state index in [4.69, 9.17) is 14.9 Å². The lowest BCUT2D eigenvalue weighted by molar-refractivity contribution is 0.0679. The van der Waals surface area contributed by atoms with Crippen molar-refractivity contribution in [2.24, 2.45) is 0 Å². The Morgan fingerprint density at radius 2 is 1.57 bits per heavy atom. The van der Waals surface area contributed by atoms with Gasteiger partial charge in [-0.3, -0.25) is 4.79 Å². The Kier molecular flexibility index (Phi) is 4.61. The number of amides is 1.